The fourth-order valence-corrected chi connectivity index (χ4v) is 5.69. The van der Waals surface area contributed by atoms with Gasteiger partial charge in [0, 0.05) is 69.1 Å². The number of hydrogen-bond acceptors (Lipinski definition) is 8. The highest BCUT2D eigenvalue weighted by Crippen LogP contribution is 2.32. The van der Waals surface area contributed by atoms with Crippen molar-refractivity contribution in [2.45, 2.75) is 31.5 Å². The zero-order valence-electron chi connectivity index (χ0n) is 20.0. The molecule has 6 rings (SSSR count). The van der Waals surface area contributed by atoms with Crippen molar-refractivity contribution < 1.29 is 5.11 Å². The average Bonchev–Trinajstić information content (AvgIpc) is 3.23. The Balaban J connectivity index is 1.07. The molecule has 0 radical (unpaired) electrons. The second-order valence-electron chi connectivity index (χ2n) is 9.99. The first-order valence-corrected chi connectivity index (χ1v) is 12.6. The molecule has 4 heterocycles. The van der Waals surface area contributed by atoms with Gasteiger partial charge in [0.1, 0.15) is 5.75 Å². The number of nitrogens with one attached hydrogen (secondary N) is 1. The zero-order valence-corrected chi connectivity index (χ0v) is 20.0. The fraction of sp³-hybridized carbons (Fsp3) is 0.407. The van der Waals surface area contributed by atoms with Gasteiger partial charge in [0.15, 0.2) is 5.82 Å². The topological polar surface area (TPSA) is 93.8 Å². The summed E-state index contributed by atoms with van der Waals surface area (Å²) in [4.78, 5) is 7.30. The van der Waals surface area contributed by atoms with Crippen molar-refractivity contribution in [2.24, 2.45) is 0 Å². The van der Waals surface area contributed by atoms with Crippen LogP contribution in [0.2, 0.25) is 0 Å². The molecule has 8 heteroatoms. The number of nitrogens with two attached hydrogens (primary N) is 1. The van der Waals surface area contributed by atoms with Gasteiger partial charge in [0.05, 0.1) is 11.4 Å². The number of nitrogens with zero attached hydrogens (tertiary/aromatic N) is 5. The van der Waals surface area contributed by atoms with Crippen LogP contribution in [-0.2, 0) is 6.54 Å². The lowest BCUT2D eigenvalue weighted by atomic mass is 10.1. The molecule has 2 atom stereocenters. The van der Waals surface area contributed by atoms with Gasteiger partial charge in [-0.25, -0.2) is 0 Å². The van der Waals surface area contributed by atoms with Crippen LogP contribution in [0.15, 0.2) is 54.6 Å². The molecule has 3 fully saturated rings. The molecule has 0 amide bonds. The highest BCUT2D eigenvalue weighted by atomic mass is 16.3. The van der Waals surface area contributed by atoms with Gasteiger partial charge in [-0.2, -0.15) is 0 Å². The molecule has 3 aliphatic heterocycles. The maximum Gasteiger partial charge on any atom is 0.169 e. The van der Waals surface area contributed by atoms with Gasteiger partial charge in [-0.05, 0) is 48.7 Å². The monoisotopic (exact) mass is 471 g/mol. The number of rotatable bonds is 5. The summed E-state index contributed by atoms with van der Waals surface area (Å²) in [5.41, 5.74) is 11.1. The number of hydrogen-bond donors (Lipinski definition) is 3. The molecule has 0 aliphatic carbocycles. The smallest absolute Gasteiger partial charge is 0.169 e. The third-order valence-electron chi connectivity index (χ3n) is 7.62. The Labute approximate surface area is 206 Å². The number of benzene rings is 2. The molecule has 8 nitrogen and oxygen atoms in total. The van der Waals surface area contributed by atoms with Crippen LogP contribution in [0.4, 0.5) is 17.2 Å². The van der Waals surface area contributed by atoms with E-state index in [1.165, 1.54) is 24.1 Å². The van der Waals surface area contributed by atoms with Crippen molar-refractivity contribution in [3.63, 3.8) is 0 Å². The minimum absolute atomic E-state index is 0.192. The summed E-state index contributed by atoms with van der Waals surface area (Å²) in [5, 5.41) is 22.3. The summed E-state index contributed by atoms with van der Waals surface area (Å²) in [6, 6.07) is 19.6. The summed E-state index contributed by atoms with van der Waals surface area (Å²) >= 11 is 0. The van der Waals surface area contributed by atoms with E-state index in [2.05, 4.69) is 54.5 Å². The van der Waals surface area contributed by atoms with Crippen molar-refractivity contribution in [3.05, 3.63) is 60.2 Å². The van der Waals surface area contributed by atoms with Gasteiger partial charge >= 0.3 is 0 Å². The second kappa shape index (κ2) is 9.36. The van der Waals surface area contributed by atoms with E-state index in [0.29, 0.717) is 29.2 Å². The molecule has 2 unspecified atom stereocenters. The molecule has 0 saturated carbocycles. The largest absolute Gasteiger partial charge is 0.507 e. The number of piperazine rings is 2. The van der Waals surface area contributed by atoms with Crippen molar-refractivity contribution in [1.82, 2.24) is 20.4 Å². The Morgan fingerprint density at radius 3 is 2.31 bits per heavy atom. The number of phenols is 1. The highest BCUT2D eigenvalue weighted by Gasteiger charge is 2.32. The molecule has 182 valence electrons. The number of aromatic nitrogens is 2. The Bertz CT molecular complexity index is 1160. The van der Waals surface area contributed by atoms with Crippen molar-refractivity contribution >= 4 is 17.2 Å². The highest BCUT2D eigenvalue weighted by molar-refractivity contribution is 5.74. The van der Waals surface area contributed by atoms with E-state index in [-0.39, 0.29) is 5.75 Å². The number of aromatic hydroxyl groups is 1. The number of fused-ring (bicyclic) bond motifs is 2. The van der Waals surface area contributed by atoms with E-state index in [1.807, 2.05) is 18.2 Å². The number of nitrogen functional groups attached to an aromatic ring is 1. The predicted octanol–water partition coefficient (Wildman–Crippen LogP) is 2.69. The lowest BCUT2D eigenvalue weighted by Crippen LogP contribution is -2.51. The number of para-hydroxylation sites is 1. The van der Waals surface area contributed by atoms with Gasteiger partial charge < -0.3 is 26.0 Å². The van der Waals surface area contributed by atoms with E-state index < -0.39 is 0 Å². The van der Waals surface area contributed by atoms with Crippen LogP contribution < -0.4 is 20.9 Å². The SMILES string of the molecule is Nc1nnc(-c2ccccc2O)cc1N1CCN(Cc2ccc(N3CC4CCC(C3)N4)cc2)CC1. The molecule has 3 saturated heterocycles. The number of anilines is 3. The van der Waals surface area contributed by atoms with Crippen LogP contribution in [0.1, 0.15) is 18.4 Å². The summed E-state index contributed by atoms with van der Waals surface area (Å²) < 4.78 is 0. The van der Waals surface area contributed by atoms with Gasteiger partial charge in [-0.3, -0.25) is 4.90 Å². The van der Waals surface area contributed by atoms with Crippen LogP contribution in [-0.4, -0.2) is 71.6 Å². The second-order valence-corrected chi connectivity index (χ2v) is 9.99. The van der Waals surface area contributed by atoms with E-state index in [1.54, 1.807) is 12.1 Å². The molecule has 2 aromatic carbocycles. The van der Waals surface area contributed by atoms with Crippen LogP contribution in [0.5, 0.6) is 5.75 Å². The van der Waals surface area contributed by atoms with Gasteiger partial charge in [-0.15, -0.1) is 10.2 Å². The minimum Gasteiger partial charge on any atom is -0.507 e. The van der Waals surface area contributed by atoms with E-state index in [4.69, 9.17) is 5.73 Å². The first-order chi connectivity index (χ1) is 17.1. The van der Waals surface area contributed by atoms with Crippen molar-refractivity contribution in [1.29, 1.82) is 0 Å². The number of phenolic OH excluding ortho intramolecular Hbond substituents is 1. The van der Waals surface area contributed by atoms with E-state index >= 15 is 0 Å². The molecule has 3 aromatic rings. The molecular weight excluding hydrogens is 438 g/mol. The normalized spacial score (nSPS) is 22.5. The summed E-state index contributed by atoms with van der Waals surface area (Å²) in [6.45, 7) is 6.85. The fourth-order valence-electron chi connectivity index (χ4n) is 5.69. The third-order valence-corrected chi connectivity index (χ3v) is 7.62. The molecule has 4 N–H and O–H groups in total. The van der Waals surface area contributed by atoms with Crippen LogP contribution in [0.25, 0.3) is 11.3 Å². The minimum atomic E-state index is 0.192. The van der Waals surface area contributed by atoms with Gasteiger partial charge in [0.25, 0.3) is 0 Å². The van der Waals surface area contributed by atoms with Crippen LogP contribution in [0, 0.1) is 0 Å². The lowest BCUT2D eigenvalue weighted by Gasteiger charge is -2.36. The zero-order chi connectivity index (χ0) is 23.8. The molecule has 0 spiro atoms. The summed E-state index contributed by atoms with van der Waals surface area (Å²) in [5.74, 6) is 0.618. The predicted molar refractivity (Wildman–Crippen MR) is 140 cm³/mol. The van der Waals surface area contributed by atoms with Crippen molar-refractivity contribution in [2.75, 3.05) is 54.8 Å². The van der Waals surface area contributed by atoms with Crippen LogP contribution in [0.3, 0.4) is 0 Å². The summed E-state index contributed by atoms with van der Waals surface area (Å²) in [6.07, 6.45) is 2.62. The molecule has 35 heavy (non-hydrogen) atoms. The van der Waals surface area contributed by atoms with Crippen molar-refractivity contribution in [3.8, 4) is 17.0 Å². The van der Waals surface area contributed by atoms with Gasteiger partial charge in [-0.1, -0.05) is 24.3 Å². The molecule has 1 aromatic heterocycles. The lowest BCUT2D eigenvalue weighted by molar-refractivity contribution is 0.250. The molecular formula is C27H33N7O. The average molecular weight is 472 g/mol. The first-order valence-electron chi connectivity index (χ1n) is 12.6. The van der Waals surface area contributed by atoms with E-state index in [0.717, 1.165) is 51.5 Å². The third kappa shape index (κ3) is 4.63. The maximum absolute atomic E-state index is 10.2. The van der Waals surface area contributed by atoms with E-state index in [9.17, 15) is 5.11 Å². The Hall–Kier alpha value is -3.36. The Morgan fingerprint density at radius 1 is 0.886 bits per heavy atom. The molecule has 2 bridgehead atoms. The molecule has 3 aliphatic rings. The first kappa shape index (κ1) is 22.1. The van der Waals surface area contributed by atoms with Gasteiger partial charge in [0.2, 0.25) is 0 Å². The summed E-state index contributed by atoms with van der Waals surface area (Å²) in [7, 11) is 0. The quantitative estimate of drug-likeness (QED) is 0.523. The van der Waals surface area contributed by atoms with Crippen LogP contribution >= 0.6 is 0 Å². The maximum atomic E-state index is 10.2. The Morgan fingerprint density at radius 2 is 1.60 bits per heavy atom. The Kier molecular flexibility index (Phi) is 5.91. The standard InChI is InChI=1S/C27H33N7O/c28-27-25(15-24(30-31-27)23-3-1-2-4-26(23)35)33-13-11-32(12-14-33)16-19-5-9-22(10-6-19)34-17-20-7-8-21(18-34)29-20/h1-6,9-10,15,20-21,29,35H,7-8,11-14,16-18H2,(H2,28,31).